The molecule has 0 radical (unpaired) electrons. The molecule has 0 spiro atoms. The Morgan fingerprint density at radius 2 is 1.47 bits per heavy atom. The molecule has 2 heterocycles. The van der Waals surface area contributed by atoms with Crippen LogP contribution in [0.25, 0.3) is 0 Å². The number of hydrogen-bond acceptors (Lipinski definition) is 5. The van der Waals surface area contributed by atoms with E-state index in [0.29, 0.717) is 63.7 Å². The molecule has 1 N–H and O–H groups in total. The lowest BCUT2D eigenvalue weighted by Gasteiger charge is -2.34. The lowest BCUT2D eigenvalue weighted by molar-refractivity contribution is 0.0671. The number of amides is 3. The lowest BCUT2D eigenvalue weighted by atomic mass is 10.2. The number of sulfonamides is 1. The van der Waals surface area contributed by atoms with Crippen molar-refractivity contribution in [3.63, 3.8) is 0 Å². The number of carbonyl (C=O) groups excluding carboxylic acids is 2. The van der Waals surface area contributed by atoms with Gasteiger partial charge >= 0.3 is 6.03 Å². The van der Waals surface area contributed by atoms with E-state index < -0.39 is 10.0 Å². The summed E-state index contributed by atoms with van der Waals surface area (Å²) < 4.78 is 32.3. The maximum atomic E-state index is 12.9. The summed E-state index contributed by atoms with van der Waals surface area (Å²) in [5.41, 5.74) is 1.04. The third-order valence-electron chi connectivity index (χ3n) is 5.57. The number of nitrogens with one attached hydrogen (secondary N) is 1. The maximum absolute atomic E-state index is 12.9. The van der Waals surface area contributed by atoms with Gasteiger partial charge < -0.3 is 19.9 Å². The topological polar surface area (TPSA) is 99.3 Å². The van der Waals surface area contributed by atoms with E-state index in [4.69, 9.17) is 4.74 Å². The smallest absolute Gasteiger partial charge is 0.321 e. The van der Waals surface area contributed by atoms with E-state index >= 15 is 0 Å². The van der Waals surface area contributed by atoms with E-state index in [1.165, 1.54) is 16.4 Å². The number of anilines is 1. The van der Waals surface area contributed by atoms with Gasteiger partial charge in [-0.3, -0.25) is 4.79 Å². The highest BCUT2D eigenvalue weighted by molar-refractivity contribution is 7.89. The fraction of sp³-hybridized carbons (Fsp3) is 0.364. The molecule has 0 aliphatic carbocycles. The first-order chi connectivity index (χ1) is 15.4. The highest BCUT2D eigenvalue weighted by atomic mass is 32.2. The molecule has 9 nitrogen and oxygen atoms in total. The largest absolute Gasteiger partial charge is 0.379 e. The number of rotatable bonds is 4. The minimum Gasteiger partial charge on any atom is -0.379 e. The Kier molecular flexibility index (Phi) is 6.73. The number of urea groups is 1. The van der Waals surface area contributed by atoms with E-state index in [9.17, 15) is 18.0 Å². The second kappa shape index (κ2) is 9.68. The predicted molar refractivity (Wildman–Crippen MR) is 119 cm³/mol. The molecule has 10 heteroatoms. The Labute approximate surface area is 187 Å². The second-order valence-electron chi connectivity index (χ2n) is 7.62. The molecule has 0 bridgehead atoms. The molecule has 32 heavy (non-hydrogen) atoms. The zero-order valence-electron chi connectivity index (χ0n) is 17.6. The number of morpholine rings is 1. The van der Waals surface area contributed by atoms with Gasteiger partial charge in [-0.25, -0.2) is 13.2 Å². The van der Waals surface area contributed by atoms with Crippen LogP contribution in [0.1, 0.15) is 10.4 Å². The highest BCUT2D eigenvalue weighted by Crippen LogP contribution is 2.21. The van der Waals surface area contributed by atoms with Crippen LogP contribution in [-0.4, -0.2) is 86.9 Å². The summed E-state index contributed by atoms with van der Waals surface area (Å²) in [5, 5.41) is 2.78. The monoisotopic (exact) mass is 458 g/mol. The molecular weight excluding hydrogens is 432 g/mol. The molecule has 2 aromatic rings. The molecule has 0 aromatic heterocycles. The van der Waals surface area contributed by atoms with Crippen LogP contribution in [-0.2, 0) is 14.8 Å². The minimum atomic E-state index is -3.64. The van der Waals surface area contributed by atoms with Gasteiger partial charge in [-0.2, -0.15) is 4.31 Å². The van der Waals surface area contributed by atoms with Crippen LogP contribution in [0.5, 0.6) is 0 Å². The summed E-state index contributed by atoms with van der Waals surface area (Å²) >= 11 is 0. The average molecular weight is 459 g/mol. The van der Waals surface area contributed by atoms with Crippen LogP contribution in [0.3, 0.4) is 0 Å². The van der Waals surface area contributed by atoms with Crippen molar-refractivity contribution in [2.24, 2.45) is 0 Å². The lowest BCUT2D eigenvalue weighted by Crippen LogP contribution is -2.51. The maximum Gasteiger partial charge on any atom is 0.321 e. The molecule has 2 fully saturated rings. The van der Waals surface area contributed by atoms with Gasteiger partial charge in [-0.15, -0.1) is 0 Å². The molecule has 0 unspecified atom stereocenters. The summed E-state index contributed by atoms with van der Waals surface area (Å²) in [5.74, 6) is -0.0494. The molecule has 4 rings (SSSR count). The van der Waals surface area contributed by atoms with E-state index in [0.717, 1.165) is 0 Å². The summed E-state index contributed by atoms with van der Waals surface area (Å²) in [6, 6.07) is 15.0. The van der Waals surface area contributed by atoms with Crippen LogP contribution >= 0.6 is 0 Å². The minimum absolute atomic E-state index is 0.0494. The normalized spacial score (nSPS) is 17.8. The molecule has 3 amide bonds. The fourth-order valence-electron chi connectivity index (χ4n) is 3.75. The van der Waals surface area contributed by atoms with Gasteiger partial charge in [-0.05, 0) is 30.3 Å². The third kappa shape index (κ3) is 4.93. The van der Waals surface area contributed by atoms with Crippen molar-refractivity contribution in [1.82, 2.24) is 14.1 Å². The number of ether oxygens (including phenoxy) is 1. The van der Waals surface area contributed by atoms with Gasteiger partial charge in [0.25, 0.3) is 5.91 Å². The summed E-state index contributed by atoms with van der Waals surface area (Å²) in [6.07, 6.45) is 0. The van der Waals surface area contributed by atoms with E-state index in [1.807, 2.05) is 18.2 Å². The van der Waals surface area contributed by atoms with Crippen LogP contribution in [0, 0.1) is 0 Å². The Bertz CT molecular complexity index is 1060. The Morgan fingerprint density at radius 1 is 0.812 bits per heavy atom. The average Bonchev–Trinajstić information content (AvgIpc) is 2.85. The van der Waals surface area contributed by atoms with Gasteiger partial charge in [0, 0.05) is 50.5 Å². The quantitative estimate of drug-likeness (QED) is 0.752. The molecule has 2 aromatic carbocycles. The highest BCUT2D eigenvalue weighted by Gasteiger charge is 2.27. The Balaban J connectivity index is 1.36. The molecule has 2 aliphatic heterocycles. The molecule has 170 valence electrons. The molecule has 0 atom stereocenters. The first-order valence-electron chi connectivity index (χ1n) is 10.5. The summed E-state index contributed by atoms with van der Waals surface area (Å²) in [6.45, 7) is 3.03. The van der Waals surface area contributed by atoms with E-state index in [1.54, 1.807) is 34.1 Å². The van der Waals surface area contributed by atoms with Crippen LogP contribution < -0.4 is 5.32 Å². The summed E-state index contributed by atoms with van der Waals surface area (Å²) in [7, 11) is -3.64. The van der Waals surface area contributed by atoms with Crippen molar-refractivity contribution < 1.29 is 22.7 Å². The van der Waals surface area contributed by atoms with Crippen LogP contribution in [0.4, 0.5) is 10.5 Å². The van der Waals surface area contributed by atoms with Gasteiger partial charge in [0.1, 0.15) is 0 Å². The molecule has 2 saturated heterocycles. The zero-order valence-corrected chi connectivity index (χ0v) is 18.5. The van der Waals surface area contributed by atoms with Crippen molar-refractivity contribution in [2.75, 3.05) is 57.8 Å². The fourth-order valence-corrected chi connectivity index (χ4v) is 5.20. The molecule has 2 aliphatic rings. The molecular formula is C22H26N4O5S. The van der Waals surface area contributed by atoms with Gasteiger partial charge in [0.05, 0.1) is 18.1 Å². The van der Waals surface area contributed by atoms with Crippen LogP contribution in [0.15, 0.2) is 59.5 Å². The Hall–Kier alpha value is -2.95. The standard InChI is InChI=1S/C22H26N4O5S/c27-21(18-5-2-1-3-6-18)24-9-11-25(12-10-24)22(28)23-19-7-4-8-20(17-19)32(29,30)26-13-15-31-16-14-26/h1-8,17H,9-16H2,(H,23,28). The summed E-state index contributed by atoms with van der Waals surface area (Å²) in [4.78, 5) is 28.8. The van der Waals surface area contributed by atoms with Crippen molar-refractivity contribution in [2.45, 2.75) is 4.90 Å². The number of hydrogen-bond donors (Lipinski definition) is 1. The van der Waals surface area contributed by atoms with Gasteiger partial charge in [0.15, 0.2) is 0 Å². The van der Waals surface area contributed by atoms with Crippen molar-refractivity contribution in [3.8, 4) is 0 Å². The van der Waals surface area contributed by atoms with Gasteiger partial charge in [0.2, 0.25) is 10.0 Å². The number of benzene rings is 2. The van der Waals surface area contributed by atoms with Crippen LogP contribution in [0.2, 0.25) is 0 Å². The number of piperazine rings is 1. The molecule has 0 saturated carbocycles. The van der Waals surface area contributed by atoms with Crippen molar-refractivity contribution >= 4 is 27.6 Å². The van der Waals surface area contributed by atoms with E-state index in [-0.39, 0.29) is 16.8 Å². The predicted octanol–water partition coefficient (Wildman–Crippen LogP) is 1.70. The van der Waals surface area contributed by atoms with Gasteiger partial charge in [-0.1, -0.05) is 24.3 Å². The number of nitrogens with zero attached hydrogens (tertiary/aromatic N) is 3. The zero-order chi connectivity index (χ0) is 22.6. The van der Waals surface area contributed by atoms with Crippen molar-refractivity contribution in [1.29, 1.82) is 0 Å². The first kappa shape index (κ1) is 22.3. The number of carbonyl (C=O) groups is 2. The Morgan fingerprint density at radius 3 is 2.16 bits per heavy atom. The van der Waals surface area contributed by atoms with E-state index in [2.05, 4.69) is 5.32 Å². The van der Waals surface area contributed by atoms with Crippen molar-refractivity contribution in [3.05, 3.63) is 60.2 Å². The third-order valence-corrected chi connectivity index (χ3v) is 7.46. The first-order valence-corrected chi connectivity index (χ1v) is 12.0. The second-order valence-corrected chi connectivity index (χ2v) is 9.56. The SMILES string of the molecule is O=C(Nc1cccc(S(=O)(=O)N2CCOCC2)c1)N1CCN(C(=O)c2ccccc2)CC1.